The Morgan fingerprint density at radius 2 is 2.05 bits per heavy atom. The average molecular weight is 287 g/mol. The Bertz CT molecular complexity index is 423. The van der Waals surface area contributed by atoms with Gasteiger partial charge in [0.1, 0.15) is 5.82 Å². The van der Waals surface area contributed by atoms with E-state index in [0.29, 0.717) is 5.02 Å². The van der Waals surface area contributed by atoms with Crippen LogP contribution in [0.4, 0.5) is 4.39 Å². The van der Waals surface area contributed by atoms with Crippen LogP contribution in [0.15, 0.2) is 18.2 Å². The average Bonchev–Trinajstić information content (AvgIpc) is 2.36. The maximum absolute atomic E-state index is 13.1. The summed E-state index contributed by atoms with van der Waals surface area (Å²) in [5.74, 6) is -0.291. The SMILES string of the molecule is CCC(C)(C(Cc1ccc(F)cc1Cl)NC)N(C)C. The van der Waals surface area contributed by atoms with E-state index in [1.54, 1.807) is 6.07 Å². The maximum Gasteiger partial charge on any atom is 0.124 e. The molecule has 0 bridgehead atoms. The van der Waals surface area contributed by atoms with Gasteiger partial charge in [0.25, 0.3) is 0 Å². The number of benzene rings is 1. The zero-order valence-corrected chi connectivity index (χ0v) is 13.2. The topological polar surface area (TPSA) is 15.3 Å². The molecule has 0 heterocycles. The summed E-state index contributed by atoms with van der Waals surface area (Å²) in [5.41, 5.74) is 0.996. The molecule has 0 aromatic heterocycles. The number of likely N-dealkylation sites (N-methyl/N-ethyl adjacent to an activating group) is 2. The monoisotopic (exact) mass is 286 g/mol. The Morgan fingerprint density at radius 3 is 2.47 bits per heavy atom. The fourth-order valence-corrected chi connectivity index (χ4v) is 2.66. The second-order valence-electron chi connectivity index (χ2n) is 5.39. The van der Waals surface area contributed by atoms with E-state index in [1.165, 1.54) is 12.1 Å². The smallest absolute Gasteiger partial charge is 0.124 e. The van der Waals surface area contributed by atoms with Crippen LogP contribution in [0.1, 0.15) is 25.8 Å². The largest absolute Gasteiger partial charge is 0.315 e. The summed E-state index contributed by atoms with van der Waals surface area (Å²) in [7, 11) is 6.12. The summed E-state index contributed by atoms with van der Waals surface area (Å²) < 4.78 is 13.1. The molecule has 0 fully saturated rings. The minimum absolute atomic E-state index is 0.0203. The molecular formula is C15H24ClFN2. The van der Waals surface area contributed by atoms with Gasteiger partial charge in [-0.05, 0) is 58.6 Å². The number of hydrogen-bond acceptors (Lipinski definition) is 2. The molecule has 1 aromatic carbocycles. The molecule has 19 heavy (non-hydrogen) atoms. The van der Waals surface area contributed by atoms with Gasteiger partial charge in [-0.3, -0.25) is 0 Å². The van der Waals surface area contributed by atoms with Crippen LogP contribution >= 0.6 is 11.6 Å². The summed E-state index contributed by atoms with van der Waals surface area (Å²) >= 11 is 6.12. The highest BCUT2D eigenvalue weighted by atomic mass is 35.5. The van der Waals surface area contributed by atoms with Gasteiger partial charge in [0.05, 0.1) is 0 Å². The third-order valence-electron chi connectivity index (χ3n) is 4.28. The van der Waals surface area contributed by atoms with Crippen LogP contribution in [0.25, 0.3) is 0 Å². The third kappa shape index (κ3) is 3.68. The van der Waals surface area contributed by atoms with Crippen molar-refractivity contribution in [2.45, 2.75) is 38.3 Å². The van der Waals surface area contributed by atoms with Crippen molar-refractivity contribution in [3.8, 4) is 0 Å². The van der Waals surface area contributed by atoms with E-state index in [1.807, 2.05) is 7.05 Å². The Labute approximate surface area is 120 Å². The van der Waals surface area contributed by atoms with E-state index in [2.05, 4.69) is 38.2 Å². The molecule has 0 spiro atoms. The molecule has 2 nitrogen and oxygen atoms in total. The molecule has 0 radical (unpaired) electrons. The molecule has 0 aliphatic rings. The van der Waals surface area contributed by atoms with E-state index >= 15 is 0 Å². The minimum Gasteiger partial charge on any atom is -0.315 e. The van der Waals surface area contributed by atoms with Crippen LogP contribution < -0.4 is 5.32 Å². The van der Waals surface area contributed by atoms with Gasteiger partial charge in [0.15, 0.2) is 0 Å². The molecule has 1 aromatic rings. The molecule has 4 heteroatoms. The van der Waals surface area contributed by atoms with Gasteiger partial charge in [0, 0.05) is 16.6 Å². The van der Waals surface area contributed by atoms with Crippen molar-refractivity contribution in [1.82, 2.24) is 10.2 Å². The number of hydrogen-bond donors (Lipinski definition) is 1. The summed E-state index contributed by atoms with van der Waals surface area (Å²) in [6.45, 7) is 4.40. The van der Waals surface area contributed by atoms with E-state index in [0.717, 1.165) is 18.4 Å². The van der Waals surface area contributed by atoms with Gasteiger partial charge in [-0.15, -0.1) is 0 Å². The highest BCUT2D eigenvalue weighted by Crippen LogP contribution is 2.26. The quantitative estimate of drug-likeness (QED) is 0.863. The highest BCUT2D eigenvalue weighted by molar-refractivity contribution is 6.31. The normalized spacial score (nSPS) is 16.4. The molecule has 2 unspecified atom stereocenters. The lowest BCUT2D eigenvalue weighted by Gasteiger charge is -2.43. The number of nitrogens with zero attached hydrogens (tertiary/aromatic N) is 1. The van der Waals surface area contributed by atoms with Crippen LogP contribution in [0.5, 0.6) is 0 Å². The lowest BCUT2D eigenvalue weighted by molar-refractivity contribution is 0.116. The molecule has 0 aliphatic heterocycles. The second kappa shape index (κ2) is 6.69. The van der Waals surface area contributed by atoms with E-state index < -0.39 is 0 Å². The molecule has 1 rings (SSSR count). The Balaban J connectivity index is 2.99. The second-order valence-corrected chi connectivity index (χ2v) is 5.79. The predicted octanol–water partition coefficient (Wildman–Crippen LogP) is 3.34. The van der Waals surface area contributed by atoms with Crippen molar-refractivity contribution in [2.24, 2.45) is 0 Å². The van der Waals surface area contributed by atoms with Crippen molar-refractivity contribution < 1.29 is 4.39 Å². The minimum atomic E-state index is -0.291. The third-order valence-corrected chi connectivity index (χ3v) is 4.63. The van der Waals surface area contributed by atoms with Gasteiger partial charge < -0.3 is 10.2 Å². The predicted molar refractivity (Wildman–Crippen MR) is 80.3 cm³/mol. The number of rotatable bonds is 6. The number of nitrogens with one attached hydrogen (secondary N) is 1. The van der Waals surface area contributed by atoms with E-state index in [-0.39, 0.29) is 17.4 Å². The first-order valence-electron chi connectivity index (χ1n) is 6.63. The van der Waals surface area contributed by atoms with Crippen molar-refractivity contribution in [3.63, 3.8) is 0 Å². The summed E-state index contributed by atoms with van der Waals surface area (Å²) in [4.78, 5) is 2.23. The zero-order chi connectivity index (χ0) is 14.6. The molecule has 1 N–H and O–H groups in total. The lowest BCUT2D eigenvalue weighted by atomic mass is 9.84. The first kappa shape index (κ1) is 16.4. The summed E-state index contributed by atoms with van der Waals surface area (Å²) in [5, 5.41) is 3.87. The molecule has 0 saturated carbocycles. The first-order valence-corrected chi connectivity index (χ1v) is 7.01. The van der Waals surface area contributed by atoms with E-state index in [9.17, 15) is 4.39 Å². The summed E-state index contributed by atoms with van der Waals surface area (Å²) in [6, 6.07) is 4.86. The fraction of sp³-hybridized carbons (Fsp3) is 0.600. The lowest BCUT2D eigenvalue weighted by Crippen LogP contribution is -2.57. The standard InChI is InChI=1S/C15H24ClFN2/c1-6-15(2,19(4)5)14(18-3)9-11-7-8-12(17)10-13(11)16/h7-8,10,14,18H,6,9H2,1-5H3. The van der Waals surface area contributed by atoms with Gasteiger partial charge in [-0.2, -0.15) is 0 Å². The summed E-state index contributed by atoms with van der Waals surface area (Å²) in [6.07, 6.45) is 1.79. The number of halogens is 2. The van der Waals surface area contributed by atoms with Crippen LogP contribution in [-0.4, -0.2) is 37.6 Å². The van der Waals surface area contributed by atoms with Gasteiger partial charge in [-0.1, -0.05) is 24.6 Å². The van der Waals surface area contributed by atoms with Crippen LogP contribution in [0.3, 0.4) is 0 Å². The van der Waals surface area contributed by atoms with Crippen LogP contribution in [0.2, 0.25) is 5.02 Å². The van der Waals surface area contributed by atoms with Gasteiger partial charge in [-0.25, -0.2) is 4.39 Å². The van der Waals surface area contributed by atoms with Gasteiger partial charge in [0.2, 0.25) is 0 Å². The molecule has 0 amide bonds. The molecule has 0 aliphatic carbocycles. The van der Waals surface area contributed by atoms with Crippen molar-refractivity contribution in [2.75, 3.05) is 21.1 Å². The van der Waals surface area contributed by atoms with Crippen LogP contribution in [0, 0.1) is 5.82 Å². The van der Waals surface area contributed by atoms with Crippen molar-refractivity contribution in [1.29, 1.82) is 0 Å². The van der Waals surface area contributed by atoms with E-state index in [4.69, 9.17) is 11.6 Å². The highest BCUT2D eigenvalue weighted by Gasteiger charge is 2.34. The molecule has 108 valence electrons. The fourth-order valence-electron chi connectivity index (χ4n) is 2.41. The Kier molecular flexibility index (Phi) is 5.78. The molecule has 2 atom stereocenters. The van der Waals surface area contributed by atoms with Crippen LogP contribution in [-0.2, 0) is 6.42 Å². The zero-order valence-electron chi connectivity index (χ0n) is 12.4. The Hall–Kier alpha value is -0.640. The maximum atomic E-state index is 13.1. The van der Waals surface area contributed by atoms with Crippen molar-refractivity contribution >= 4 is 11.6 Å². The van der Waals surface area contributed by atoms with Crippen molar-refractivity contribution in [3.05, 3.63) is 34.6 Å². The first-order chi connectivity index (χ1) is 8.85. The molecule has 0 saturated heterocycles. The van der Waals surface area contributed by atoms with Gasteiger partial charge >= 0.3 is 0 Å². The molecular weight excluding hydrogens is 263 g/mol. The Morgan fingerprint density at radius 1 is 1.42 bits per heavy atom.